The molecule has 0 aliphatic carbocycles. The van der Waals surface area contributed by atoms with E-state index >= 15 is 0 Å². The van der Waals surface area contributed by atoms with E-state index < -0.39 is 0 Å². The summed E-state index contributed by atoms with van der Waals surface area (Å²) < 4.78 is 0. The maximum atomic E-state index is 12.0. The Morgan fingerprint density at radius 1 is 1.47 bits per heavy atom. The third kappa shape index (κ3) is 4.28. The van der Waals surface area contributed by atoms with Gasteiger partial charge in [-0.1, -0.05) is 20.8 Å². The zero-order valence-corrected chi connectivity index (χ0v) is 11.6. The van der Waals surface area contributed by atoms with Gasteiger partial charge in [0.15, 0.2) is 0 Å². The topological polar surface area (TPSA) is 58.4 Å². The maximum absolute atomic E-state index is 12.0. The molecule has 17 heavy (non-hydrogen) atoms. The van der Waals surface area contributed by atoms with Crippen LogP contribution in [0.1, 0.15) is 34.1 Å². The molecule has 3 N–H and O–H groups in total. The fourth-order valence-corrected chi connectivity index (χ4v) is 2.17. The Bertz CT molecular complexity index is 255. The van der Waals surface area contributed by atoms with Gasteiger partial charge in [-0.25, -0.2) is 0 Å². The lowest BCUT2D eigenvalue weighted by atomic mass is 9.94. The third-order valence-electron chi connectivity index (χ3n) is 3.61. The predicted octanol–water partition coefficient (Wildman–Crippen LogP) is 0.816. The monoisotopic (exact) mass is 241 g/mol. The van der Waals surface area contributed by atoms with Crippen LogP contribution in [-0.2, 0) is 4.79 Å². The molecule has 0 bridgehead atoms. The van der Waals surface area contributed by atoms with Crippen LogP contribution in [0.3, 0.4) is 0 Å². The number of amides is 1. The van der Waals surface area contributed by atoms with Gasteiger partial charge in [0.05, 0.1) is 6.04 Å². The van der Waals surface area contributed by atoms with Crippen molar-refractivity contribution in [3.8, 4) is 0 Å². The van der Waals surface area contributed by atoms with Crippen molar-refractivity contribution in [1.82, 2.24) is 10.2 Å². The standard InChI is InChI=1S/C13H27N3O/c1-9(2)7-15-13(17)11(4)16-6-5-12(14)10(3)8-16/h9-12H,5-8,14H2,1-4H3,(H,15,17). The van der Waals surface area contributed by atoms with Gasteiger partial charge in [-0.2, -0.15) is 0 Å². The normalized spacial score (nSPS) is 28.1. The first-order valence-corrected chi connectivity index (χ1v) is 6.69. The number of likely N-dealkylation sites (tertiary alicyclic amines) is 1. The summed E-state index contributed by atoms with van der Waals surface area (Å²) >= 11 is 0. The van der Waals surface area contributed by atoms with E-state index in [2.05, 4.69) is 31.0 Å². The average Bonchev–Trinajstić information content (AvgIpc) is 2.28. The number of rotatable bonds is 4. The number of carbonyl (C=O) groups is 1. The highest BCUT2D eigenvalue weighted by Gasteiger charge is 2.29. The van der Waals surface area contributed by atoms with Crippen molar-refractivity contribution < 1.29 is 4.79 Å². The van der Waals surface area contributed by atoms with Crippen molar-refractivity contribution in [3.63, 3.8) is 0 Å². The van der Waals surface area contributed by atoms with Crippen LogP contribution in [0.25, 0.3) is 0 Å². The second kappa shape index (κ2) is 6.36. The van der Waals surface area contributed by atoms with Gasteiger partial charge in [0.1, 0.15) is 0 Å². The molecule has 3 unspecified atom stereocenters. The summed E-state index contributed by atoms with van der Waals surface area (Å²) in [7, 11) is 0. The van der Waals surface area contributed by atoms with E-state index in [0.29, 0.717) is 11.8 Å². The molecule has 1 aliphatic rings. The minimum absolute atomic E-state index is 0.0382. The molecular weight excluding hydrogens is 214 g/mol. The molecule has 1 amide bonds. The molecule has 1 fully saturated rings. The zero-order chi connectivity index (χ0) is 13.0. The van der Waals surface area contributed by atoms with Gasteiger partial charge in [0.2, 0.25) is 5.91 Å². The number of nitrogens with two attached hydrogens (primary N) is 1. The highest BCUT2D eigenvalue weighted by atomic mass is 16.2. The lowest BCUT2D eigenvalue weighted by Crippen LogP contribution is -2.53. The minimum atomic E-state index is -0.0382. The first-order chi connectivity index (χ1) is 7.91. The van der Waals surface area contributed by atoms with Crippen LogP contribution in [-0.4, -0.2) is 42.5 Å². The number of hydrogen-bond acceptors (Lipinski definition) is 3. The summed E-state index contributed by atoms with van der Waals surface area (Å²) in [5.41, 5.74) is 5.99. The predicted molar refractivity (Wildman–Crippen MR) is 70.6 cm³/mol. The van der Waals surface area contributed by atoms with Gasteiger partial charge in [0, 0.05) is 25.7 Å². The van der Waals surface area contributed by atoms with Gasteiger partial charge < -0.3 is 11.1 Å². The minimum Gasteiger partial charge on any atom is -0.354 e. The fourth-order valence-electron chi connectivity index (χ4n) is 2.17. The van der Waals surface area contributed by atoms with Crippen molar-refractivity contribution in [2.45, 2.75) is 46.2 Å². The first kappa shape index (κ1) is 14.5. The van der Waals surface area contributed by atoms with Crippen LogP contribution in [0.5, 0.6) is 0 Å². The molecular formula is C13H27N3O. The molecule has 0 aromatic carbocycles. The van der Waals surface area contributed by atoms with E-state index in [1.54, 1.807) is 0 Å². The Hall–Kier alpha value is -0.610. The van der Waals surface area contributed by atoms with Gasteiger partial charge in [-0.3, -0.25) is 9.69 Å². The zero-order valence-electron chi connectivity index (χ0n) is 11.6. The Morgan fingerprint density at radius 2 is 2.12 bits per heavy atom. The van der Waals surface area contributed by atoms with Crippen LogP contribution < -0.4 is 11.1 Å². The molecule has 4 heteroatoms. The molecule has 4 nitrogen and oxygen atoms in total. The molecule has 100 valence electrons. The second-order valence-corrected chi connectivity index (χ2v) is 5.74. The summed E-state index contributed by atoms with van der Waals surface area (Å²) in [5, 5.41) is 2.99. The number of piperidine rings is 1. The Kier molecular flexibility index (Phi) is 5.40. The van der Waals surface area contributed by atoms with Crippen LogP contribution >= 0.6 is 0 Å². The fraction of sp³-hybridized carbons (Fsp3) is 0.923. The van der Waals surface area contributed by atoms with E-state index in [9.17, 15) is 4.79 Å². The van der Waals surface area contributed by atoms with E-state index in [4.69, 9.17) is 5.73 Å². The average molecular weight is 241 g/mol. The summed E-state index contributed by atoms with van der Waals surface area (Å²) in [5.74, 6) is 1.12. The van der Waals surface area contributed by atoms with Gasteiger partial charge >= 0.3 is 0 Å². The molecule has 1 rings (SSSR count). The Labute approximate surface area is 105 Å². The molecule has 3 atom stereocenters. The molecule has 0 spiro atoms. The van der Waals surface area contributed by atoms with Crippen molar-refractivity contribution in [1.29, 1.82) is 0 Å². The Balaban J connectivity index is 2.41. The molecule has 0 aromatic heterocycles. The lowest BCUT2D eigenvalue weighted by molar-refractivity contribution is -0.126. The van der Waals surface area contributed by atoms with Gasteiger partial charge in [-0.05, 0) is 25.2 Å². The van der Waals surface area contributed by atoms with Crippen molar-refractivity contribution in [3.05, 3.63) is 0 Å². The van der Waals surface area contributed by atoms with E-state index in [-0.39, 0.29) is 18.0 Å². The highest BCUT2D eigenvalue weighted by Crippen LogP contribution is 2.17. The highest BCUT2D eigenvalue weighted by molar-refractivity contribution is 5.81. The largest absolute Gasteiger partial charge is 0.354 e. The summed E-state index contributed by atoms with van der Waals surface area (Å²) in [6, 6.07) is 0.251. The third-order valence-corrected chi connectivity index (χ3v) is 3.61. The van der Waals surface area contributed by atoms with Crippen molar-refractivity contribution >= 4 is 5.91 Å². The second-order valence-electron chi connectivity index (χ2n) is 5.74. The molecule has 0 saturated carbocycles. The molecule has 1 aliphatic heterocycles. The summed E-state index contributed by atoms with van der Waals surface area (Å²) in [6.45, 7) is 11.0. The number of nitrogens with zero attached hydrogens (tertiary/aromatic N) is 1. The SMILES string of the molecule is CC(C)CNC(=O)C(C)N1CCC(N)C(C)C1. The summed E-state index contributed by atoms with van der Waals surface area (Å²) in [6.07, 6.45) is 0.989. The van der Waals surface area contributed by atoms with E-state index in [1.807, 2.05) is 6.92 Å². The van der Waals surface area contributed by atoms with E-state index in [0.717, 1.165) is 26.1 Å². The smallest absolute Gasteiger partial charge is 0.237 e. The lowest BCUT2D eigenvalue weighted by Gasteiger charge is -2.38. The van der Waals surface area contributed by atoms with Crippen LogP contribution in [0.15, 0.2) is 0 Å². The maximum Gasteiger partial charge on any atom is 0.237 e. The van der Waals surface area contributed by atoms with Gasteiger partial charge in [-0.15, -0.1) is 0 Å². The van der Waals surface area contributed by atoms with Gasteiger partial charge in [0.25, 0.3) is 0 Å². The number of nitrogens with one attached hydrogen (secondary N) is 1. The molecule has 0 aromatic rings. The molecule has 0 radical (unpaired) electrons. The molecule has 1 saturated heterocycles. The van der Waals surface area contributed by atoms with Crippen molar-refractivity contribution in [2.24, 2.45) is 17.6 Å². The number of carbonyl (C=O) groups excluding carboxylic acids is 1. The first-order valence-electron chi connectivity index (χ1n) is 6.69. The number of hydrogen-bond donors (Lipinski definition) is 2. The Morgan fingerprint density at radius 3 is 2.65 bits per heavy atom. The van der Waals surface area contributed by atoms with Crippen LogP contribution in [0.2, 0.25) is 0 Å². The quantitative estimate of drug-likeness (QED) is 0.766. The van der Waals surface area contributed by atoms with Crippen LogP contribution in [0, 0.1) is 11.8 Å². The van der Waals surface area contributed by atoms with Crippen LogP contribution in [0.4, 0.5) is 0 Å². The van der Waals surface area contributed by atoms with Crippen molar-refractivity contribution in [2.75, 3.05) is 19.6 Å². The molecule has 1 heterocycles. The van der Waals surface area contributed by atoms with E-state index in [1.165, 1.54) is 0 Å². The summed E-state index contributed by atoms with van der Waals surface area (Å²) in [4.78, 5) is 14.2.